The van der Waals surface area contributed by atoms with Crippen LogP contribution in [0, 0.1) is 0 Å². The van der Waals surface area contributed by atoms with E-state index in [2.05, 4.69) is 14.8 Å². The molecule has 0 radical (unpaired) electrons. The molecule has 0 aliphatic carbocycles. The fourth-order valence-corrected chi connectivity index (χ4v) is 1.98. The van der Waals surface area contributed by atoms with Crippen LogP contribution in [0.3, 0.4) is 0 Å². The molecular formula is C10H9ClN4O2S. The summed E-state index contributed by atoms with van der Waals surface area (Å²) < 4.78 is 23.3. The number of benzene rings is 1. The number of nitrogens with one attached hydrogen (secondary N) is 1. The van der Waals surface area contributed by atoms with Gasteiger partial charge in [0, 0.05) is 28.7 Å². The van der Waals surface area contributed by atoms with Crippen LogP contribution in [-0.4, -0.2) is 19.7 Å². The molecule has 4 N–H and O–H groups in total. The molecule has 1 aromatic carbocycles. The van der Waals surface area contributed by atoms with Gasteiger partial charge in [-0.1, -0.05) is 6.07 Å². The van der Waals surface area contributed by atoms with Crippen LogP contribution in [0.5, 0.6) is 0 Å². The van der Waals surface area contributed by atoms with E-state index in [0.717, 1.165) is 5.39 Å². The van der Waals surface area contributed by atoms with Crippen molar-refractivity contribution in [3.05, 3.63) is 30.6 Å². The van der Waals surface area contributed by atoms with E-state index in [1.807, 2.05) is 0 Å². The Bertz CT molecular complexity index is 647. The van der Waals surface area contributed by atoms with Crippen molar-refractivity contribution in [2.24, 2.45) is 10.2 Å². The van der Waals surface area contributed by atoms with E-state index in [9.17, 15) is 4.21 Å². The quantitative estimate of drug-likeness (QED) is 0.443. The highest BCUT2D eigenvalue weighted by Crippen LogP contribution is 2.24. The van der Waals surface area contributed by atoms with Crippen LogP contribution in [0.4, 0.5) is 5.69 Å². The fourth-order valence-electron chi connectivity index (χ4n) is 1.52. The minimum Gasteiger partial charge on any atom is -0.369 e. The highest BCUT2D eigenvalue weighted by Gasteiger charge is 2.06. The second-order valence-electron chi connectivity index (χ2n) is 3.41. The molecule has 1 heterocycles. The summed E-state index contributed by atoms with van der Waals surface area (Å²) in [6.45, 7) is 0. The first-order valence-electron chi connectivity index (χ1n) is 4.82. The highest BCUT2D eigenvalue weighted by atomic mass is 35.5. The topological polar surface area (TPSA) is 101 Å². The number of guanidine groups is 1. The van der Waals surface area contributed by atoms with Crippen molar-refractivity contribution >= 4 is 45.3 Å². The van der Waals surface area contributed by atoms with Gasteiger partial charge in [0.1, 0.15) is 0 Å². The predicted octanol–water partition coefficient (Wildman–Crippen LogP) is 1.70. The number of pyridine rings is 1. The SMILES string of the molecule is NC(=NCl)Nc1cncc2cc(S(=O)O)ccc12. The summed E-state index contributed by atoms with van der Waals surface area (Å²) in [7, 11) is 0. The van der Waals surface area contributed by atoms with E-state index in [-0.39, 0.29) is 5.96 Å². The Morgan fingerprint density at radius 1 is 1.50 bits per heavy atom. The molecule has 1 atom stereocenters. The molecule has 0 spiro atoms. The molecule has 2 rings (SSSR count). The van der Waals surface area contributed by atoms with Crippen molar-refractivity contribution in [3.63, 3.8) is 0 Å². The molecular weight excluding hydrogens is 276 g/mol. The Balaban J connectivity index is 2.53. The molecule has 8 heteroatoms. The Morgan fingerprint density at radius 2 is 2.28 bits per heavy atom. The van der Waals surface area contributed by atoms with Gasteiger partial charge in [-0.2, -0.15) is 0 Å². The molecule has 1 aromatic heterocycles. The summed E-state index contributed by atoms with van der Waals surface area (Å²) in [5.74, 6) is 0.0424. The van der Waals surface area contributed by atoms with Crippen molar-refractivity contribution in [1.29, 1.82) is 0 Å². The molecule has 0 amide bonds. The van der Waals surface area contributed by atoms with Crippen LogP contribution in [0.25, 0.3) is 10.8 Å². The van der Waals surface area contributed by atoms with Crippen LogP contribution in [0.1, 0.15) is 0 Å². The summed E-state index contributed by atoms with van der Waals surface area (Å²) in [6.07, 6.45) is 3.15. The van der Waals surface area contributed by atoms with E-state index in [0.29, 0.717) is 16.0 Å². The highest BCUT2D eigenvalue weighted by molar-refractivity contribution is 7.79. The minimum absolute atomic E-state index is 0.0424. The molecule has 2 aromatic rings. The Labute approximate surface area is 110 Å². The standard InChI is InChI=1S/C10H9ClN4O2S/c11-15-10(12)14-9-5-13-4-6-3-7(18(16)17)1-2-8(6)9/h1-5H,(H,16,17)(H3,12,14,15). The lowest BCUT2D eigenvalue weighted by atomic mass is 10.1. The first-order chi connectivity index (χ1) is 8.61. The maximum Gasteiger partial charge on any atom is 0.210 e. The van der Waals surface area contributed by atoms with Gasteiger partial charge in [0.15, 0.2) is 11.1 Å². The fraction of sp³-hybridized carbons (Fsp3) is 0. The van der Waals surface area contributed by atoms with Gasteiger partial charge in [-0.3, -0.25) is 4.98 Å². The zero-order valence-corrected chi connectivity index (χ0v) is 10.6. The maximum atomic E-state index is 11.0. The van der Waals surface area contributed by atoms with Gasteiger partial charge in [-0.25, -0.2) is 4.21 Å². The Kier molecular flexibility index (Phi) is 3.75. The third-order valence-electron chi connectivity index (χ3n) is 2.29. The van der Waals surface area contributed by atoms with Gasteiger partial charge in [-0.15, -0.1) is 4.51 Å². The second-order valence-corrected chi connectivity index (χ2v) is 4.55. The van der Waals surface area contributed by atoms with Crippen molar-refractivity contribution in [2.75, 3.05) is 5.32 Å². The number of anilines is 1. The van der Waals surface area contributed by atoms with Gasteiger partial charge < -0.3 is 15.6 Å². The minimum atomic E-state index is -2.02. The molecule has 0 fully saturated rings. The van der Waals surface area contributed by atoms with Crippen LogP contribution in [0.15, 0.2) is 40.0 Å². The zero-order chi connectivity index (χ0) is 13.1. The van der Waals surface area contributed by atoms with Gasteiger partial charge >= 0.3 is 0 Å². The Hall–Kier alpha value is -1.70. The smallest absolute Gasteiger partial charge is 0.210 e. The number of nitrogens with two attached hydrogens (primary N) is 1. The number of rotatable bonds is 2. The van der Waals surface area contributed by atoms with E-state index < -0.39 is 11.1 Å². The average molecular weight is 285 g/mol. The van der Waals surface area contributed by atoms with E-state index in [4.69, 9.17) is 22.1 Å². The largest absolute Gasteiger partial charge is 0.369 e. The molecule has 0 saturated heterocycles. The third kappa shape index (κ3) is 2.58. The lowest BCUT2D eigenvalue weighted by molar-refractivity contribution is 0.564. The summed E-state index contributed by atoms with van der Waals surface area (Å²) in [5.41, 5.74) is 6.08. The summed E-state index contributed by atoms with van der Waals surface area (Å²) >= 11 is 3.20. The number of nitrogens with zero attached hydrogens (tertiary/aromatic N) is 2. The summed E-state index contributed by atoms with van der Waals surface area (Å²) in [4.78, 5) is 4.31. The van der Waals surface area contributed by atoms with Gasteiger partial charge in [-0.05, 0) is 12.1 Å². The summed E-state index contributed by atoms with van der Waals surface area (Å²) in [5, 5.41) is 4.28. The van der Waals surface area contributed by atoms with Crippen LogP contribution in [0.2, 0.25) is 0 Å². The number of fused-ring (bicyclic) bond motifs is 1. The molecule has 1 unspecified atom stereocenters. The summed E-state index contributed by atoms with van der Waals surface area (Å²) in [6, 6.07) is 4.83. The van der Waals surface area contributed by atoms with Gasteiger partial charge in [0.2, 0.25) is 5.96 Å². The lowest BCUT2D eigenvalue weighted by Gasteiger charge is -2.08. The number of hydrogen-bond donors (Lipinski definition) is 3. The number of hydrogen-bond acceptors (Lipinski definition) is 3. The molecule has 0 aliphatic rings. The van der Waals surface area contributed by atoms with E-state index in [1.165, 1.54) is 0 Å². The van der Waals surface area contributed by atoms with Gasteiger partial charge in [0.25, 0.3) is 0 Å². The van der Waals surface area contributed by atoms with Crippen molar-refractivity contribution in [3.8, 4) is 0 Å². The van der Waals surface area contributed by atoms with Crippen LogP contribution in [-0.2, 0) is 11.1 Å². The van der Waals surface area contributed by atoms with E-state index in [1.54, 1.807) is 30.6 Å². The molecule has 0 bridgehead atoms. The monoisotopic (exact) mass is 284 g/mol. The zero-order valence-electron chi connectivity index (χ0n) is 9.00. The molecule has 6 nitrogen and oxygen atoms in total. The Morgan fingerprint density at radius 3 is 2.94 bits per heavy atom. The normalized spacial score (nSPS) is 13.6. The predicted molar refractivity (Wildman–Crippen MR) is 71.9 cm³/mol. The van der Waals surface area contributed by atoms with Crippen LogP contribution < -0.4 is 11.1 Å². The average Bonchev–Trinajstić information content (AvgIpc) is 2.38. The molecule has 18 heavy (non-hydrogen) atoms. The lowest BCUT2D eigenvalue weighted by Crippen LogP contribution is -2.21. The van der Waals surface area contributed by atoms with Crippen molar-refractivity contribution in [1.82, 2.24) is 4.98 Å². The van der Waals surface area contributed by atoms with E-state index >= 15 is 0 Å². The number of halogens is 1. The molecule has 0 saturated carbocycles. The first-order valence-corrected chi connectivity index (χ1v) is 6.26. The first kappa shape index (κ1) is 12.7. The van der Waals surface area contributed by atoms with Crippen LogP contribution >= 0.6 is 11.8 Å². The second kappa shape index (κ2) is 5.30. The van der Waals surface area contributed by atoms with Crippen molar-refractivity contribution < 1.29 is 8.76 Å². The van der Waals surface area contributed by atoms with Crippen molar-refractivity contribution in [2.45, 2.75) is 4.90 Å². The molecule has 94 valence electrons. The maximum absolute atomic E-state index is 11.0. The molecule has 0 aliphatic heterocycles. The van der Waals surface area contributed by atoms with Gasteiger partial charge in [0.05, 0.1) is 16.8 Å². The third-order valence-corrected chi connectivity index (χ3v) is 3.13. The number of aromatic nitrogens is 1.